The van der Waals surface area contributed by atoms with Crippen molar-refractivity contribution >= 4 is 37.2 Å². The zero-order valence-corrected chi connectivity index (χ0v) is 14.8. The average Bonchev–Trinajstić information content (AvgIpc) is 2.37. The van der Waals surface area contributed by atoms with Crippen molar-refractivity contribution in [1.82, 2.24) is 5.32 Å². The molecule has 0 saturated carbocycles. The molecule has 0 saturated heterocycles. The fourth-order valence-electron chi connectivity index (χ4n) is 1.58. The number of hydrogen-bond donors (Lipinski definition) is 1. The Morgan fingerprint density at radius 1 is 1.33 bits per heavy atom. The van der Waals surface area contributed by atoms with E-state index in [-0.39, 0.29) is 26.8 Å². The molecule has 1 aromatic carbocycles. The van der Waals surface area contributed by atoms with Crippen LogP contribution < -0.4 is 5.32 Å². The highest BCUT2D eigenvalue weighted by atomic mass is 35.7. The molecule has 7 heteroatoms. The Labute approximate surface area is 135 Å². The molecular weight excluding hydrogens is 333 g/mol. The van der Waals surface area contributed by atoms with E-state index in [9.17, 15) is 13.2 Å². The zero-order chi connectivity index (χ0) is 16.4. The van der Waals surface area contributed by atoms with Gasteiger partial charge in [0.1, 0.15) is 0 Å². The maximum absolute atomic E-state index is 12.1. The molecule has 0 spiro atoms. The highest BCUT2D eigenvalue weighted by Crippen LogP contribution is 2.28. The van der Waals surface area contributed by atoms with Gasteiger partial charge in [-0.05, 0) is 36.5 Å². The second-order valence-electron chi connectivity index (χ2n) is 5.72. The summed E-state index contributed by atoms with van der Waals surface area (Å²) in [6.45, 7) is 8.12. The Morgan fingerprint density at radius 2 is 1.90 bits per heavy atom. The Hall–Kier alpha value is -0.780. The van der Waals surface area contributed by atoms with Gasteiger partial charge in [-0.25, -0.2) is 8.42 Å². The first-order valence-corrected chi connectivity index (χ1v) is 9.19. The number of carbonyl (C=O) groups excluding carboxylic acids is 1. The highest BCUT2D eigenvalue weighted by Gasteiger charge is 2.21. The average molecular weight is 352 g/mol. The summed E-state index contributed by atoms with van der Waals surface area (Å²) in [5, 5.41) is 2.97. The summed E-state index contributed by atoms with van der Waals surface area (Å²) < 4.78 is 23.0. The number of rotatable bonds is 5. The first-order chi connectivity index (χ1) is 9.48. The van der Waals surface area contributed by atoms with E-state index in [0.29, 0.717) is 12.1 Å². The molecule has 0 fully saturated rings. The normalized spacial score (nSPS) is 12.3. The molecule has 0 atom stereocenters. The monoisotopic (exact) mass is 351 g/mol. The highest BCUT2D eigenvalue weighted by molar-refractivity contribution is 8.13. The number of halogens is 2. The topological polar surface area (TPSA) is 63.2 Å². The van der Waals surface area contributed by atoms with E-state index in [1.807, 2.05) is 20.8 Å². The molecule has 0 aliphatic carbocycles. The van der Waals surface area contributed by atoms with Crippen LogP contribution in [-0.2, 0) is 9.05 Å². The largest absolute Gasteiger partial charge is 0.352 e. The smallest absolute Gasteiger partial charge is 0.261 e. The van der Waals surface area contributed by atoms with Crippen molar-refractivity contribution in [2.75, 3.05) is 6.54 Å². The fourth-order valence-corrected chi connectivity index (χ4v) is 3.08. The number of nitrogens with one attached hydrogen (secondary N) is 1. The number of hydrogen-bond acceptors (Lipinski definition) is 3. The predicted molar refractivity (Wildman–Crippen MR) is 85.6 cm³/mol. The van der Waals surface area contributed by atoms with Gasteiger partial charge in [0.2, 0.25) is 0 Å². The molecule has 4 nitrogen and oxygen atoms in total. The van der Waals surface area contributed by atoms with E-state index in [4.69, 9.17) is 22.3 Å². The summed E-state index contributed by atoms with van der Waals surface area (Å²) in [6.07, 6.45) is 0.906. The molecule has 0 radical (unpaired) electrons. The van der Waals surface area contributed by atoms with E-state index in [1.54, 1.807) is 6.92 Å². The van der Waals surface area contributed by atoms with Crippen molar-refractivity contribution in [3.63, 3.8) is 0 Å². The van der Waals surface area contributed by atoms with Crippen LogP contribution in [0.2, 0.25) is 5.02 Å². The molecule has 1 N–H and O–H groups in total. The first-order valence-electron chi connectivity index (χ1n) is 6.51. The standard InChI is InChI=1S/C14H19Cl2NO3S/c1-5-14(3,4)8-17-13(18)10-6-11(15)9(2)12(7-10)21(16,19)20/h6-7H,5,8H2,1-4H3,(H,17,18). The molecule has 0 aliphatic rings. The summed E-state index contributed by atoms with van der Waals surface area (Å²) >= 11 is 5.98. The Kier molecular flexibility index (Phi) is 5.69. The Balaban J connectivity index is 3.10. The molecule has 1 rings (SSSR count). The molecule has 0 aromatic heterocycles. The second kappa shape index (κ2) is 6.55. The third kappa shape index (κ3) is 4.87. The minimum atomic E-state index is -3.95. The third-order valence-corrected chi connectivity index (χ3v) is 5.35. The van der Waals surface area contributed by atoms with Crippen LogP contribution in [0.4, 0.5) is 0 Å². The second-order valence-corrected chi connectivity index (χ2v) is 8.66. The minimum absolute atomic E-state index is 0.0362. The van der Waals surface area contributed by atoms with Gasteiger partial charge in [-0.15, -0.1) is 0 Å². The lowest BCUT2D eigenvalue weighted by Crippen LogP contribution is -2.33. The molecule has 0 bridgehead atoms. The van der Waals surface area contributed by atoms with Crippen LogP contribution in [0.25, 0.3) is 0 Å². The summed E-state index contributed by atoms with van der Waals surface area (Å²) in [7, 11) is 1.41. The molecule has 0 unspecified atom stereocenters. The van der Waals surface area contributed by atoms with E-state index in [2.05, 4.69) is 5.32 Å². The van der Waals surface area contributed by atoms with Crippen molar-refractivity contribution in [3.05, 3.63) is 28.3 Å². The fraction of sp³-hybridized carbons (Fsp3) is 0.500. The van der Waals surface area contributed by atoms with Gasteiger partial charge in [-0.2, -0.15) is 0 Å². The van der Waals surface area contributed by atoms with Gasteiger partial charge in [0.25, 0.3) is 15.0 Å². The van der Waals surface area contributed by atoms with E-state index >= 15 is 0 Å². The maximum Gasteiger partial charge on any atom is 0.261 e. The van der Waals surface area contributed by atoms with Crippen molar-refractivity contribution in [1.29, 1.82) is 0 Å². The van der Waals surface area contributed by atoms with Gasteiger partial charge in [0, 0.05) is 27.8 Å². The van der Waals surface area contributed by atoms with Crippen LogP contribution in [0.3, 0.4) is 0 Å². The van der Waals surface area contributed by atoms with Gasteiger partial charge in [-0.3, -0.25) is 4.79 Å². The van der Waals surface area contributed by atoms with Crippen molar-refractivity contribution in [2.24, 2.45) is 5.41 Å². The molecule has 21 heavy (non-hydrogen) atoms. The summed E-state index contributed by atoms with van der Waals surface area (Å²) in [5.74, 6) is -0.375. The van der Waals surface area contributed by atoms with Crippen LogP contribution in [0.1, 0.15) is 43.1 Å². The van der Waals surface area contributed by atoms with Crippen LogP contribution in [0.5, 0.6) is 0 Å². The van der Waals surface area contributed by atoms with Crippen LogP contribution in [0.15, 0.2) is 17.0 Å². The number of benzene rings is 1. The van der Waals surface area contributed by atoms with Gasteiger partial charge in [0.15, 0.2) is 0 Å². The van der Waals surface area contributed by atoms with Crippen LogP contribution in [0, 0.1) is 12.3 Å². The molecule has 118 valence electrons. The molecule has 1 aromatic rings. The van der Waals surface area contributed by atoms with Gasteiger partial charge >= 0.3 is 0 Å². The Bertz CT molecular complexity index is 654. The molecule has 0 aliphatic heterocycles. The van der Waals surface area contributed by atoms with E-state index < -0.39 is 9.05 Å². The SMILES string of the molecule is CCC(C)(C)CNC(=O)c1cc(Cl)c(C)c(S(=O)(=O)Cl)c1. The van der Waals surface area contributed by atoms with Crippen LogP contribution in [-0.4, -0.2) is 20.9 Å². The maximum atomic E-state index is 12.1. The lowest BCUT2D eigenvalue weighted by Gasteiger charge is -2.23. The predicted octanol–water partition coefficient (Wildman–Crippen LogP) is 3.74. The number of carbonyl (C=O) groups is 1. The summed E-state index contributed by atoms with van der Waals surface area (Å²) in [5.41, 5.74) is 0.472. The zero-order valence-electron chi connectivity index (χ0n) is 12.5. The quantitative estimate of drug-likeness (QED) is 0.821. The molecular formula is C14H19Cl2NO3S. The van der Waals surface area contributed by atoms with Crippen molar-refractivity contribution < 1.29 is 13.2 Å². The minimum Gasteiger partial charge on any atom is -0.352 e. The van der Waals surface area contributed by atoms with Crippen LogP contribution >= 0.6 is 22.3 Å². The summed E-state index contributed by atoms with van der Waals surface area (Å²) in [4.78, 5) is 12.0. The van der Waals surface area contributed by atoms with Gasteiger partial charge in [-0.1, -0.05) is 32.4 Å². The number of amides is 1. The van der Waals surface area contributed by atoms with E-state index in [0.717, 1.165) is 6.42 Å². The van der Waals surface area contributed by atoms with Gasteiger partial charge < -0.3 is 5.32 Å². The molecule has 1 amide bonds. The lowest BCUT2D eigenvalue weighted by molar-refractivity contribution is 0.0935. The van der Waals surface area contributed by atoms with E-state index in [1.165, 1.54) is 12.1 Å². The van der Waals surface area contributed by atoms with Crippen molar-refractivity contribution in [3.8, 4) is 0 Å². The summed E-state index contributed by atoms with van der Waals surface area (Å²) in [6, 6.07) is 2.69. The van der Waals surface area contributed by atoms with Crippen molar-refractivity contribution in [2.45, 2.75) is 39.0 Å². The Morgan fingerprint density at radius 3 is 2.38 bits per heavy atom. The molecule has 0 heterocycles. The van der Waals surface area contributed by atoms with Gasteiger partial charge in [0.05, 0.1) is 4.90 Å². The first kappa shape index (κ1) is 18.3. The third-order valence-electron chi connectivity index (χ3n) is 3.51. The lowest BCUT2D eigenvalue weighted by atomic mass is 9.90.